The summed E-state index contributed by atoms with van der Waals surface area (Å²) in [6.07, 6.45) is 14.1. The smallest absolute Gasteiger partial charge is 0.314 e. The number of guanidine groups is 1. The molecule has 0 bridgehead atoms. The minimum Gasteiger partial charge on any atom is -0.481 e. The Morgan fingerprint density at radius 2 is 1.92 bits per heavy atom. The van der Waals surface area contributed by atoms with Crippen LogP contribution in [0.3, 0.4) is 0 Å². The Kier molecular flexibility index (Phi) is 6.37. The van der Waals surface area contributed by atoms with Crippen LogP contribution >= 0.6 is 0 Å². The summed E-state index contributed by atoms with van der Waals surface area (Å²) in [6, 6.07) is 1.23. The first-order valence-electron chi connectivity index (χ1n) is 10.6. The fraction of sp³-hybridized carbons (Fsp3) is 0.900. The normalized spacial score (nSPS) is 36.5. The minimum absolute atomic E-state index is 0.107. The van der Waals surface area contributed by atoms with E-state index in [9.17, 15) is 9.90 Å². The van der Waals surface area contributed by atoms with E-state index in [1.807, 2.05) is 6.92 Å². The fourth-order valence-corrected chi connectivity index (χ4v) is 5.31. The van der Waals surface area contributed by atoms with E-state index >= 15 is 0 Å². The lowest BCUT2D eigenvalue weighted by Crippen LogP contribution is -3.24. The number of hydrogen-bond acceptors (Lipinski definition) is 3. The quantitative estimate of drug-likeness (QED) is 0.559. The first kappa shape index (κ1) is 18.7. The molecule has 2 saturated heterocycles. The second kappa shape index (κ2) is 8.52. The molecule has 1 unspecified atom stereocenters. The van der Waals surface area contributed by atoms with Gasteiger partial charge in [0.05, 0.1) is 12.1 Å². The van der Waals surface area contributed by atoms with Crippen molar-refractivity contribution in [2.45, 2.75) is 109 Å². The van der Waals surface area contributed by atoms with Gasteiger partial charge in [-0.15, -0.1) is 0 Å². The molecule has 0 amide bonds. The number of quaternary nitrogens is 1. The highest BCUT2D eigenvalue weighted by molar-refractivity contribution is 5.78. The SMILES string of the molecule is CCCCCCCCC[C@@H]1C[C@@H]2CC[C@H]3[C@H](C(=O)O)[C@H](C)N=C(N1)[NH+]23. The standard InChI is InChI=1S/C20H35N3O2/c1-3-4-5-6-7-8-9-10-15-13-16-11-12-17-18(19(24)25)14(2)21-20(22-15)23(16)17/h14-18H,3-13H2,1-2H3,(H,21,22)(H,24,25)/p+1/t14-,15+,16-,17-,18+/m0/s1. The first-order valence-corrected chi connectivity index (χ1v) is 10.6. The van der Waals surface area contributed by atoms with Gasteiger partial charge in [0.25, 0.3) is 5.96 Å². The molecule has 0 aromatic heterocycles. The lowest BCUT2D eigenvalue weighted by Gasteiger charge is -2.41. The van der Waals surface area contributed by atoms with Crippen LogP contribution in [0.15, 0.2) is 4.99 Å². The molecule has 3 rings (SSSR count). The minimum atomic E-state index is -0.668. The molecule has 5 nitrogen and oxygen atoms in total. The van der Waals surface area contributed by atoms with Gasteiger partial charge >= 0.3 is 5.97 Å². The van der Waals surface area contributed by atoms with E-state index in [-0.39, 0.29) is 18.0 Å². The van der Waals surface area contributed by atoms with E-state index in [1.165, 1.54) is 62.7 Å². The zero-order chi connectivity index (χ0) is 17.8. The summed E-state index contributed by atoms with van der Waals surface area (Å²) in [4.78, 5) is 17.8. The van der Waals surface area contributed by atoms with Crippen molar-refractivity contribution in [1.29, 1.82) is 0 Å². The number of aliphatic carboxylic acids is 1. The van der Waals surface area contributed by atoms with Gasteiger partial charge in [-0.1, -0.05) is 51.9 Å². The maximum Gasteiger partial charge on any atom is 0.314 e. The van der Waals surface area contributed by atoms with Gasteiger partial charge in [0.2, 0.25) is 0 Å². The van der Waals surface area contributed by atoms with E-state index in [4.69, 9.17) is 4.99 Å². The van der Waals surface area contributed by atoms with Crippen molar-refractivity contribution in [1.82, 2.24) is 5.32 Å². The number of carboxylic acid groups (broad SMARTS) is 1. The number of rotatable bonds is 9. The molecule has 142 valence electrons. The van der Waals surface area contributed by atoms with Crippen molar-refractivity contribution in [3.8, 4) is 0 Å². The molecule has 0 aromatic carbocycles. The highest BCUT2D eigenvalue weighted by atomic mass is 16.4. The van der Waals surface area contributed by atoms with Crippen LogP contribution in [0.2, 0.25) is 0 Å². The van der Waals surface area contributed by atoms with Gasteiger partial charge in [0, 0.05) is 25.3 Å². The molecule has 6 atom stereocenters. The molecule has 3 aliphatic heterocycles. The number of nitrogens with zero attached hydrogens (tertiary/aromatic N) is 1. The summed E-state index contributed by atoms with van der Waals surface area (Å²) in [5, 5.41) is 13.3. The van der Waals surface area contributed by atoms with Crippen LogP contribution < -0.4 is 10.2 Å². The van der Waals surface area contributed by atoms with Crippen LogP contribution in [0.25, 0.3) is 0 Å². The predicted octanol–water partition coefficient (Wildman–Crippen LogP) is 2.36. The highest BCUT2D eigenvalue weighted by Gasteiger charge is 2.54. The molecule has 0 radical (unpaired) electrons. The predicted molar refractivity (Wildman–Crippen MR) is 99.9 cm³/mol. The van der Waals surface area contributed by atoms with Crippen LogP contribution in [0.4, 0.5) is 0 Å². The molecule has 5 heteroatoms. The number of hydrogen-bond donors (Lipinski definition) is 3. The molecule has 2 fully saturated rings. The summed E-state index contributed by atoms with van der Waals surface area (Å²) in [7, 11) is 0. The van der Waals surface area contributed by atoms with E-state index in [2.05, 4.69) is 12.2 Å². The summed E-state index contributed by atoms with van der Waals surface area (Å²) < 4.78 is 0. The lowest BCUT2D eigenvalue weighted by molar-refractivity contribution is -0.859. The average Bonchev–Trinajstić information content (AvgIpc) is 2.98. The van der Waals surface area contributed by atoms with Gasteiger partial charge in [-0.05, 0) is 13.3 Å². The number of nitrogens with one attached hydrogen (secondary N) is 2. The zero-order valence-corrected chi connectivity index (χ0v) is 16.0. The number of carbonyl (C=O) groups is 1. The molecule has 0 aliphatic carbocycles. The van der Waals surface area contributed by atoms with Crippen molar-refractivity contribution >= 4 is 11.9 Å². The van der Waals surface area contributed by atoms with Gasteiger partial charge in [-0.2, -0.15) is 0 Å². The van der Waals surface area contributed by atoms with Gasteiger partial charge in [0.15, 0.2) is 0 Å². The summed E-state index contributed by atoms with van der Waals surface area (Å²) in [5.74, 6) is 0.0839. The van der Waals surface area contributed by atoms with Gasteiger partial charge in [-0.25, -0.2) is 4.99 Å². The Balaban J connectivity index is 1.50. The molecular weight excluding hydrogens is 314 g/mol. The molecule has 3 N–H and O–H groups in total. The summed E-state index contributed by atoms with van der Waals surface area (Å²) >= 11 is 0. The van der Waals surface area contributed by atoms with Gasteiger partial charge in [0.1, 0.15) is 12.0 Å². The van der Waals surface area contributed by atoms with Crippen LogP contribution in [0.1, 0.15) is 84.5 Å². The molecule has 3 aliphatic rings. The van der Waals surface area contributed by atoms with Crippen molar-refractivity contribution in [3.63, 3.8) is 0 Å². The Morgan fingerprint density at radius 3 is 2.64 bits per heavy atom. The average molecular weight is 351 g/mol. The van der Waals surface area contributed by atoms with Crippen molar-refractivity contribution < 1.29 is 14.8 Å². The van der Waals surface area contributed by atoms with Crippen molar-refractivity contribution in [2.24, 2.45) is 10.9 Å². The molecule has 25 heavy (non-hydrogen) atoms. The fourth-order valence-electron chi connectivity index (χ4n) is 5.31. The van der Waals surface area contributed by atoms with Crippen LogP contribution in [-0.2, 0) is 4.79 Å². The third kappa shape index (κ3) is 4.18. The number of aliphatic imine (C=N–C) groups is 1. The Morgan fingerprint density at radius 1 is 1.20 bits per heavy atom. The summed E-state index contributed by atoms with van der Waals surface area (Å²) in [5.41, 5.74) is 0. The third-order valence-corrected chi connectivity index (χ3v) is 6.58. The number of unbranched alkanes of at least 4 members (excludes halogenated alkanes) is 6. The Hall–Kier alpha value is -1.10. The largest absolute Gasteiger partial charge is 0.481 e. The van der Waals surface area contributed by atoms with Crippen molar-refractivity contribution in [3.05, 3.63) is 0 Å². The summed E-state index contributed by atoms with van der Waals surface area (Å²) in [6.45, 7) is 4.23. The zero-order valence-electron chi connectivity index (χ0n) is 16.0. The molecular formula is C20H36N3O2+. The molecule has 0 aromatic rings. The van der Waals surface area contributed by atoms with Crippen molar-refractivity contribution in [2.75, 3.05) is 0 Å². The van der Waals surface area contributed by atoms with E-state index in [1.54, 1.807) is 0 Å². The second-order valence-corrected chi connectivity index (χ2v) is 8.41. The first-order chi connectivity index (χ1) is 12.1. The second-order valence-electron chi connectivity index (χ2n) is 8.41. The maximum atomic E-state index is 11.7. The van der Waals surface area contributed by atoms with Gasteiger partial charge in [-0.3, -0.25) is 9.69 Å². The molecule has 0 saturated carbocycles. The van der Waals surface area contributed by atoms with Gasteiger partial charge < -0.3 is 10.4 Å². The lowest BCUT2D eigenvalue weighted by atomic mass is 9.89. The molecule has 0 spiro atoms. The van der Waals surface area contributed by atoms with Crippen LogP contribution in [0, 0.1) is 5.92 Å². The van der Waals surface area contributed by atoms with Crippen LogP contribution in [0.5, 0.6) is 0 Å². The van der Waals surface area contributed by atoms with E-state index in [0.29, 0.717) is 12.1 Å². The molecule has 3 heterocycles. The highest BCUT2D eigenvalue weighted by Crippen LogP contribution is 2.27. The number of carboxylic acids is 1. The van der Waals surface area contributed by atoms with E-state index in [0.717, 1.165) is 18.8 Å². The topological polar surface area (TPSA) is 66.1 Å². The Bertz CT molecular complexity index is 493. The van der Waals surface area contributed by atoms with E-state index < -0.39 is 5.97 Å². The third-order valence-electron chi connectivity index (χ3n) is 6.58. The van der Waals surface area contributed by atoms with Crippen LogP contribution in [-0.4, -0.2) is 41.2 Å². The maximum absolute atomic E-state index is 11.7. The monoisotopic (exact) mass is 350 g/mol. The Labute approximate surface area is 152 Å².